The summed E-state index contributed by atoms with van der Waals surface area (Å²) in [5.74, 6) is 0.490. The van der Waals surface area contributed by atoms with Crippen molar-refractivity contribution >= 4 is 44.2 Å². The maximum atomic E-state index is 11.5. The summed E-state index contributed by atoms with van der Waals surface area (Å²) in [4.78, 5) is 15.8. The Labute approximate surface area is 125 Å². The van der Waals surface area contributed by atoms with Crippen LogP contribution < -0.4 is 10.1 Å². The fourth-order valence-corrected chi connectivity index (χ4v) is 2.45. The van der Waals surface area contributed by atoms with E-state index in [1.165, 1.54) is 11.3 Å². The van der Waals surface area contributed by atoms with Crippen molar-refractivity contribution in [1.82, 2.24) is 4.98 Å². The molecule has 0 aliphatic rings. The number of nitrogens with one attached hydrogen (secondary N) is 1. The Balaban J connectivity index is 2.11. The van der Waals surface area contributed by atoms with Gasteiger partial charge >= 0.3 is 0 Å². The number of hydrogen-bond donors (Lipinski definition) is 1. The van der Waals surface area contributed by atoms with Gasteiger partial charge < -0.3 is 14.8 Å². The molecule has 1 heterocycles. The number of methoxy groups -OCH3 is 1. The molecular weight excluding hydrogens is 300 g/mol. The number of benzene rings is 1. The summed E-state index contributed by atoms with van der Waals surface area (Å²) in [7, 11) is 1.63. The van der Waals surface area contributed by atoms with Crippen molar-refractivity contribution in [2.75, 3.05) is 25.6 Å². The van der Waals surface area contributed by atoms with Gasteiger partial charge in [-0.05, 0) is 25.1 Å². The lowest BCUT2D eigenvalue weighted by Gasteiger charge is -2.04. The summed E-state index contributed by atoms with van der Waals surface area (Å²) >= 11 is 7.09. The Morgan fingerprint density at radius 1 is 1.50 bits per heavy atom. The smallest absolute Gasteiger partial charge is 0.243 e. The van der Waals surface area contributed by atoms with E-state index < -0.39 is 5.38 Å². The second-order valence-corrected chi connectivity index (χ2v) is 5.78. The van der Waals surface area contributed by atoms with E-state index in [1.54, 1.807) is 14.0 Å². The second kappa shape index (κ2) is 6.88. The first kappa shape index (κ1) is 15.0. The van der Waals surface area contributed by atoms with Crippen LogP contribution in [-0.4, -0.2) is 36.6 Å². The minimum Gasteiger partial charge on any atom is -0.491 e. The average molecular weight is 315 g/mol. The number of anilines is 1. The normalized spacial score (nSPS) is 12.3. The van der Waals surface area contributed by atoms with E-state index in [9.17, 15) is 4.79 Å². The minimum absolute atomic E-state index is 0.262. The largest absolute Gasteiger partial charge is 0.491 e. The highest BCUT2D eigenvalue weighted by Gasteiger charge is 2.12. The quantitative estimate of drug-likeness (QED) is 0.658. The first-order valence-electron chi connectivity index (χ1n) is 6.07. The summed E-state index contributed by atoms with van der Waals surface area (Å²) in [6.45, 7) is 2.65. The molecule has 1 aromatic carbocycles. The highest BCUT2D eigenvalue weighted by Crippen LogP contribution is 2.29. The molecule has 20 heavy (non-hydrogen) atoms. The molecule has 1 aromatic heterocycles. The van der Waals surface area contributed by atoms with Gasteiger partial charge in [-0.2, -0.15) is 0 Å². The summed E-state index contributed by atoms with van der Waals surface area (Å²) < 4.78 is 11.4. The van der Waals surface area contributed by atoms with Crippen molar-refractivity contribution in [3.63, 3.8) is 0 Å². The third-order valence-corrected chi connectivity index (χ3v) is 3.64. The lowest BCUT2D eigenvalue weighted by Crippen LogP contribution is -2.19. The highest BCUT2D eigenvalue weighted by molar-refractivity contribution is 7.22. The van der Waals surface area contributed by atoms with E-state index in [0.717, 1.165) is 16.0 Å². The van der Waals surface area contributed by atoms with Crippen molar-refractivity contribution in [3.05, 3.63) is 18.2 Å². The van der Waals surface area contributed by atoms with Crippen molar-refractivity contribution in [3.8, 4) is 5.75 Å². The van der Waals surface area contributed by atoms with Gasteiger partial charge in [-0.25, -0.2) is 4.98 Å². The molecular formula is C13H15ClN2O3S. The van der Waals surface area contributed by atoms with Gasteiger partial charge in [0.25, 0.3) is 0 Å². The maximum Gasteiger partial charge on any atom is 0.243 e. The van der Waals surface area contributed by atoms with E-state index in [1.807, 2.05) is 18.2 Å². The molecule has 7 heteroatoms. The van der Waals surface area contributed by atoms with Crippen molar-refractivity contribution in [1.29, 1.82) is 0 Å². The van der Waals surface area contributed by atoms with Crippen LogP contribution in [-0.2, 0) is 9.53 Å². The van der Waals surface area contributed by atoms with Gasteiger partial charge in [0.15, 0.2) is 5.13 Å². The maximum absolute atomic E-state index is 11.5. The Morgan fingerprint density at radius 2 is 2.30 bits per heavy atom. The molecule has 2 rings (SSSR count). The SMILES string of the molecule is COCCOc1ccc2nc(NC(=O)C(C)Cl)sc2c1. The molecule has 0 aliphatic heterocycles. The van der Waals surface area contributed by atoms with Crippen LogP contribution >= 0.6 is 22.9 Å². The zero-order valence-electron chi connectivity index (χ0n) is 11.2. The van der Waals surface area contributed by atoms with E-state index in [2.05, 4.69) is 10.3 Å². The standard InChI is InChI=1S/C13H15ClN2O3S/c1-8(14)12(17)16-13-15-10-4-3-9(7-11(10)20-13)19-6-5-18-2/h3-4,7-8H,5-6H2,1-2H3,(H,15,16,17). The van der Waals surface area contributed by atoms with Crippen LogP contribution in [0.5, 0.6) is 5.75 Å². The monoisotopic (exact) mass is 314 g/mol. The molecule has 108 valence electrons. The number of ether oxygens (including phenoxy) is 2. The van der Waals surface area contributed by atoms with Crippen LogP contribution in [0.2, 0.25) is 0 Å². The van der Waals surface area contributed by atoms with Crippen LogP contribution in [0.3, 0.4) is 0 Å². The van der Waals surface area contributed by atoms with Gasteiger partial charge in [-0.3, -0.25) is 4.79 Å². The van der Waals surface area contributed by atoms with Crippen LogP contribution in [0.25, 0.3) is 10.2 Å². The average Bonchev–Trinajstić information content (AvgIpc) is 2.80. The van der Waals surface area contributed by atoms with Crippen LogP contribution in [0.4, 0.5) is 5.13 Å². The van der Waals surface area contributed by atoms with Gasteiger partial charge in [0.2, 0.25) is 5.91 Å². The number of nitrogens with zero attached hydrogens (tertiary/aromatic N) is 1. The van der Waals surface area contributed by atoms with Crippen LogP contribution in [0.15, 0.2) is 18.2 Å². The molecule has 0 bridgehead atoms. The van der Waals surface area contributed by atoms with Crippen molar-refractivity contribution in [2.45, 2.75) is 12.3 Å². The number of thiazole rings is 1. The number of rotatable bonds is 6. The lowest BCUT2D eigenvalue weighted by atomic mass is 10.3. The van der Waals surface area contributed by atoms with E-state index in [0.29, 0.717) is 18.3 Å². The third-order valence-electron chi connectivity index (χ3n) is 2.51. The zero-order valence-corrected chi connectivity index (χ0v) is 12.8. The number of halogens is 1. The summed E-state index contributed by atoms with van der Waals surface area (Å²) in [6.07, 6.45) is 0. The molecule has 0 fully saturated rings. The van der Waals surface area contributed by atoms with E-state index in [-0.39, 0.29) is 5.91 Å². The van der Waals surface area contributed by atoms with E-state index >= 15 is 0 Å². The fraction of sp³-hybridized carbons (Fsp3) is 0.385. The number of hydrogen-bond acceptors (Lipinski definition) is 5. The number of carbonyl (C=O) groups excluding carboxylic acids is 1. The summed E-state index contributed by atoms with van der Waals surface area (Å²) in [5, 5.41) is 2.62. The van der Waals surface area contributed by atoms with Crippen molar-refractivity contribution in [2.24, 2.45) is 0 Å². The van der Waals surface area contributed by atoms with E-state index in [4.69, 9.17) is 21.1 Å². The topological polar surface area (TPSA) is 60.5 Å². The van der Waals surface area contributed by atoms with Gasteiger partial charge in [0.05, 0.1) is 16.8 Å². The molecule has 1 amide bonds. The minimum atomic E-state index is -0.588. The summed E-state index contributed by atoms with van der Waals surface area (Å²) in [6, 6.07) is 5.59. The molecule has 1 N–H and O–H groups in total. The first-order chi connectivity index (χ1) is 9.60. The molecule has 2 aromatic rings. The molecule has 1 atom stereocenters. The predicted octanol–water partition coefficient (Wildman–Crippen LogP) is 2.89. The Morgan fingerprint density at radius 3 is 3.00 bits per heavy atom. The number of fused-ring (bicyclic) bond motifs is 1. The van der Waals surface area contributed by atoms with Crippen LogP contribution in [0.1, 0.15) is 6.92 Å². The molecule has 1 unspecified atom stereocenters. The van der Waals surface area contributed by atoms with Gasteiger partial charge in [0.1, 0.15) is 17.7 Å². The third kappa shape index (κ3) is 3.82. The fourth-order valence-electron chi connectivity index (χ4n) is 1.50. The molecule has 0 saturated heterocycles. The number of aromatic nitrogens is 1. The predicted molar refractivity (Wildman–Crippen MR) is 80.9 cm³/mol. The van der Waals surface area contributed by atoms with Gasteiger partial charge in [-0.15, -0.1) is 11.6 Å². The van der Waals surface area contributed by atoms with Gasteiger partial charge in [-0.1, -0.05) is 11.3 Å². The molecule has 0 saturated carbocycles. The first-order valence-corrected chi connectivity index (χ1v) is 7.32. The van der Waals surface area contributed by atoms with Crippen LogP contribution in [0, 0.1) is 0 Å². The molecule has 0 radical (unpaired) electrons. The number of alkyl halides is 1. The Bertz CT molecular complexity index is 600. The van der Waals surface area contributed by atoms with Crippen molar-refractivity contribution < 1.29 is 14.3 Å². The second-order valence-electron chi connectivity index (χ2n) is 4.10. The molecule has 0 aliphatic carbocycles. The summed E-state index contributed by atoms with van der Waals surface area (Å²) in [5.41, 5.74) is 0.812. The number of amides is 1. The Hall–Kier alpha value is -1.37. The lowest BCUT2D eigenvalue weighted by molar-refractivity contribution is -0.115. The molecule has 0 spiro atoms. The molecule has 5 nitrogen and oxygen atoms in total. The zero-order chi connectivity index (χ0) is 14.5. The number of carbonyl (C=O) groups is 1. The highest BCUT2D eigenvalue weighted by atomic mass is 35.5. The Kier molecular flexibility index (Phi) is 5.17. The van der Waals surface area contributed by atoms with Gasteiger partial charge in [0, 0.05) is 7.11 Å².